The van der Waals surface area contributed by atoms with Crippen LogP contribution in [0.25, 0.3) is 0 Å². The quantitative estimate of drug-likeness (QED) is 0.879. The van der Waals surface area contributed by atoms with Gasteiger partial charge < -0.3 is 5.32 Å². The summed E-state index contributed by atoms with van der Waals surface area (Å²) in [5, 5.41) is 4.00. The minimum atomic E-state index is -3.80. The van der Waals surface area contributed by atoms with E-state index in [0.717, 1.165) is 23.5 Å². The monoisotopic (exact) mass is 363 g/mol. The van der Waals surface area contributed by atoms with Crippen LogP contribution in [-0.2, 0) is 23.0 Å². The lowest BCUT2D eigenvalue weighted by molar-refractivity contribution is 0.601. The molecule has 3 rings (SSSR count). The molecule has 112 valence electrons. The van der Waals surface area contributed by atoms with Crippen LogP contribution in [0.3, 0.4) is 0 Å². The molecule has 1 aromatic heterocycles. The maximum Gasteiger partial charge on any atom is 0.265 e. The number of halogens is 2. The lowest BCUT2D eigenvalue weighted by atomic mass is 10.2. The lowest BCUT2D eigenvalue weighted by Gasteiger charge is -2.09. The molecular formula is C12H11Cl2N3O2S2. The molecule has 1 aromatic carbocycles. The molecule has 9 heteroatoms. The molecule has 0 aliphatic carbocycles. The van der Waals surface area contributed by atoms with Crippen molar-refractivity contribution in [3.8, 4) is 0 Å². The number of sulfonamides is 1. The van der Waals surface area contributed by atoms with Crippen molar-refractivity contribution in [1.82, 2.24) is 10.3 Å². The van der Waals surface area contributed by atoms with Crippen molar-refractivity contribution in [1.29, 1.82) is 0 Å². The first kappa shape index (κ1) is 15.1. The van der Waals surface area contributed by atoms with E-state index in [-0.39, 0.29) is 9.92 Å². The van der Waals surface area contributed by atoms with Crippen molar-refractivity contribution < 1.29 is 8.42 Å². The summed E-state index contributed by atoms with van der Waals surface area (Å²) >= 11 is 13.1. The summed E-state index contributed by atoms with van der Waals surface area (Å²) in [6.07, 6.45) is 0.797. The largest absolute Gasteiger partial charge is 0.311 e. The van der Waals surface area contributed by atoms with Gasteiger partial charge in [-0.2, -0.15) is 0 Å². The van der Waals surface area contributed by atoms with Crippen LogP contribution in [0.2, 0.25) is 10.0 Å². The zero-order valence-corrected chi connectivity index (χ0v) is 13.8. The van der Waals surface area contributed by atoms with E-state index in [9.17, 15) is 8.42 Å². The van der Waals surface area contributed by atoms with Crippen LogP contribution in [-0.4, -0.2) is 19.9 Å². The highest BCUT2D eigenvalue weighted by Crippen LogP contribution is 2.30. The van der Waals surface area contributed by atoms with Crippen molar-refractivity contribution in [2.24, 2.45) is 0 Å². The van der Waals surface area contributed by atoms with Gasteiger partial charge in [0.25, 0.3) is 10.0 Å². The molecule has 5 nitrogen and oxygen atoms in total. The van der Waals surface area contributed by atoms with Gasteiger partial charge in [-0.05, 0) is 18.2 Å². The van der Waals surface area contributed by atoms with Crippen molar-refractivity contribution in [2.75, 3.05) is 11.3 Å². The van der Waals surface area contributed by atoms with Crippen molar-refractivity contribution in [3.05, 3.63) is 38.8 Å². The second-order valence-electron chi connectivity index (χ2n) is 4.50. The zero-order valence-electron chi connectivity index (χ0n) is 10.7. The molecule has 1 aliphatic rings. The zero-order chi connectivity index (χ0) is 15.0. The molecule has 0 fully saturated rings. The van der Waals surface area contributed by atoms with E-state index in [2.05, 4.69) is 15.0 Å². The van der Waals surface area contributed by atoms with Gasteiger partial charge in [-0.3, -0.25) is 4.72 Å². The van der Waals surface area contributed by atoms with E-state index in [0.29, 0.717) is 16.7 Å². The first-order chi connectivity index (χ1) is 9.95. The summed E-state index contributed by atoms with van der Waals surface area (Å²) in [5.74, 6) is 0. The third-order valence-electron chi connectivity index (χ3n) is 3.01. The Morgan fingerprint density at radius 1 is 1.33 bits per heavy atom. The molecule has 0 saturated carbocycles. The molecule has 0 atom stereocenters. The first-order valence-electron chi connectivity index (χ1n) is 6.13. The van der Waals surface area contributed by atoms with Crippen LogP contribution in [0.4, 0.5) is 5.13 Å². The van der Waals surface area contributed by atoms with Gasteiger partial charge in [0, 0.05) is 29.4 Å². The van der Waals surface area contributed by atoms with Crippen LogP contribution >= 0.6 is 34.5 Å². The lowest BCUT2D eigenvalue weighted by Crippen LogP contribution is -2.22. The number of nitrogens with zero attached hydrogens (tertiary/aromatic N) is 1. The van der Waals surface area contributed by atoms with Crippen LogP contribution in [0.15, 0.2) is 23.1 Å². The third-order valence-corrected chi connectivity index (χ3v) is 6.20. The number of thiazole rings is 1. The van der Waals surface area contributed by atoms with Gasteiger partial charge in [0.2, 0.25) is 0 Å². The molecule has 0 bridgehead atoms. The summed E-state index contributed by atoms with van der Waals surface area (Å²) in [5.41, 5.74) is 0.939. The summed E-state index contributed by atoms with van der Waals surface area (Å²) in [6.45, 7) is 1.57. The van der Waals surface area contributed by atoms with Gasteiger partial charge in [-0.25, -0.2) is 13.4 Å². The number of hydrogen-bond acceptors (Lipinski definition) is 5. The highest BCUT2D eigenvalue weighted by Gasteiger charge is 2.22. The summed E-state index contributed by atoms with van der Waals surface area (Å²) in [4.78, 5) is 5.32. The SMILES string of the molecule is O=S(=O)(Nc1nc2c(s1)CNCC2)c1cc(Cl)ccc1Cl. The minimum absolute atomic E-state index is 0.0528. The van der Waals surface area contributed by atoms with E-state index in [1.807, 2.05) is 0 Å². The van der Waals surface area contributed by atoms with Gasteiger partial charge in [-0.1, -0.05) is 34.5 Å². The van der Waals surface area contributed by atoms with E-state index >= 15 is 0 Å². The molecule has 0 spiro atoms. The van der Waals surface area contributed by atoms with Gasteiger partial charge in [0.15, 0.2) is 5.13 Å². The average Bonchev–Trinajstić information content (AvgIpc) is 2.82. The van der Waals surface area contributed by atoms with Gasteiger partial charge in [0.1, 0.15) is 4.90 Å². The second-order valence-corrected chi connectivity index (χ2v) is 8.07. The Hall–Kier alpha value is -0.860. The number of fused-ring (bicyclic) bond motifs is 1. The maximum absolute atomic E-state index is 12.4. The van der Waals surface area contributed by atoms with Crippen LogP contribution in [0.1, 0.15) is 10.6 Å². The van der Waals surface area contributed by atoms with E-state index in [1.54, 1.807) is 0 Å². The molecule has 21 heavy (non-hydrogen) atoms. The van der Waals surface area contributed by atoms with Crippen molar-refractivity contribution in [2.45, 2.75) is 17.9 Å². The summed E-state index contributed by atoms with van der Waals surface area (Å²) in [7, 11) is -3.80. The van der Waals surface area contributed by atoms with Gasteiger partial charge in [0.05, 0.1) is 10.7 Å². The molecule has 0 unspecified atom stereocenters. The number of hydrogen-bond donors (Lipinski definition) is 2. The van der Waals surface area contributed by atoms with Gasteiger partial charge in [-0.15, -0.1) is 0 Å². The average molecular weight is 364 g/mol. The van der Waals surface area contributed by atoms with E-state index < -0.39 is 10.0 Å². The number of aromatic nitrogens is 1. The highest BCUT2D eigenvalue weighted by molar-refractivity contribution is 7.93. The predicted octanol–water partition coefficient (Wildman–Crippen LogP) is 2.90. The van der Waals surface area contributed by atoms with Crippen molar-refractivity contribution in [3.63, 3.8) is 0 Å². The molecule has 2 aromatic rings. The fraction of sp³-hybridized carbons (Fsp3) is 0.250. The number of nitrogens with one attached hydrogen (secondary N) is 2. The van der Waals surface area contributed by atoms with Gasteiger partial charge >= 0.3 is 0 Å². The molecule has 2 heterocycles. The Balaban J connectivity index is 1.92. The van der Waals surface area contributed by atoms with Crippen LogP contribution < -0.4 is 10.0 Å². The third kappa shape index (κ3) is 3.17. The number of benzene rings is 1. The number of rotatable bonds is 3. The van der Waals surface area contributed by atoms with E-state index in [4.69, 9.17) is 23.2 Å². The summed E-state index contributed by atoms with van der Waals surface area (Å²) in [6, 6.07) is 4.31. The number of anilines is 1. The standard InChI is InChI=1S/C12H11Cl2N3O2S2/c13-7-1-2-8(14)11(5-7)21(18,19)17-12-16-9-3-4-15-6-10(9)20-12/h1-2,5,15H,3-4,6H2,(H,16,17). The highest BCUT2D eigenvalue weighted by atomic mass is 35.5. The maximum atomic E-state index is 12.4. The van der Waals surface area contributed by atoms with Crippen LogP contribution in [0.5, 0.6) is 0 Å². The molecular weight excluding hydrogens is 353 g/mol. The molecule has 0 radical (unpaired) electrons. The first-order valence-corrected chi connectivity index (χ1v) is 9.18. The molecule has 0 amide bonds. The molecule has 0 saturated heterocycles. The fourth-order valence-electron chi connectivity index (χ4n) is 2.02. The fourth-order valence-corrected chi connectivity index (χ4v) is 5.00. The Labute approximate surface area is 136 Å². The Bertz CT molecular complexity index is 766. The second kappa shape index (κ2) is 5.73. The van der Waals surface area contributed by atoms with Crippen LogP contribution in [0, 0.1) is 0 Å². The smallest absolute Gasteiger partial charge is 0.265 e. The van der Waals surface area contributed by atoms with E-state index in [1.165, 1.54) is 29.5 Å². The minimum Gasteiger partial charge on any atom is -0.311 e. The van der Waals surface area contributed by atoms with Crippen molar-refractivity contribution >= 4 is 49.7 Å². The normalized spacial score (nSPS) is 14.8. The predicted molar refractivity (Wildman–Crippen MR) is 84.8 cm³/mol. The molecule has 1 aliphatic heterocycles. The Kier molecular flexibility index (Phi) is 4.11. The molecule has 2 N–H and O–H groups in total. The summed E-state index contributed by atoms with van der Waals surface area (Å²) < 4.78 is 27.2. The topological polar surface area (TPSA) is 71.1 Å². The Morgan fingerprint density at radius 2 is 2.14 bits per heavy atom. The Morgan fingerprint density at radius 3 is 2.90 bits per heavy atom.